The summed E-state index contributed by atoms with van der Waals surface area (Å²) in [5, 5.41) is 3.58. The van der Waals surface area contributed by atoms with Crippen molar-refractivity contribution in [3.63, 3.8) is 0 Å². The van der Waals surface area contributed by atoms with Crippen molar-refractivity contribution in [1.82, 2.24) is 5.32 Å². The fraction of sp³-hybridized carbons (Fsp3) is 0.846. The summed E-state index contributed by atoms with van der Waals surface area (Å²) in [5.74, 6) is 3.38. The molecule has 1 N–H and O–H groups in total. The lowest BCUT2D eigenvalue weighted by Gasteiger charge is -2.23. The molecule has 1 heteroatoms. The van der Waals surface area contributed by atoms with Crippen LogP contribution in [0.4, 0.5) is 0 Å². The molecule has 0 saturated heterocycles. The van der Waals surface area contributed by atoms with Crippen LogP contribution in [0.25, 0.3) is 0 Å². The summed E-state index contributed by atoms with van der Waals surface area (Å²) in [6, 6.07) is 0.877. The first-order chi connectivity index (χ1) is 6.44. The number of hydrogen-bond donors (Lipinski definition) is 1. The van der Waals surface area contributed by atoms with E-state index < -0.39 is 0 Å². The molecule has 1 saturated carbocycles. The van der Waals surface area contributed by atoms with Crippen LogP contribution < -0.4 is 5.32 Å². The zero-order valence-electron chi connectivity index (χ0n) is 9.93. The summed E-state index contributed by atoms with van der Waals surface area (Å²) >= 11 is 0. The molecule has 0 aromatic rings. The predicted octanol–water partition coefficient (Wildman–Crippen LogP) is 2.81. The van der Waals surface area contributed by atoms with Crippen LogP contribution in [-0.4, -0.2) is 12.1 Å². The van der Waals surface area contributed by atoms with Gasteiger partial charge >= 0.3 is 0 Å². The molecule has 0 radical (unpaired) electrons. The zero-order chi connectivity index (χ0) is 10.8. The van der Waals surface area contributed by atoms with Gasteiger partial charge in [0.25, 0.3) is 0 Å². The second-order valence-corrected chi connectivity index (χ2v) is 5.66. The van der Waals surface area contributed by atoms with Gasteiger partial charge in [0.2, 0.25) is 0 Å². The highest BCUT2D eigenvalue weighted by molar-refractivity contribution is 5.02. The molecule has 1 rings (SSSR count). The van der Waals surface area contributed by atoms with Crippen LogP contribution in [0.2, 0.25) is 0 Å². The van der Waals surface area contributed by atoms with Gasteiger partial charge < -0.3 is 5.32 Å². The van der Waals surface area contributed by atoms with Crippen molar-refractivity contribution in [2.45, 2.75) is 59.0 Å². The maximum atomic E-state index is 5.51. The van der Waals surface area contributed by atoms with Crippen molar-refractivity contribution >= 4 is 0 Å². The van der Waals surface area contributed by atoms with Gasteiger partial charge in [-0.15, -0.1) is 6.42 Å². The minimum absolute atomic E-state index is 0.244. The van der Waals surface area contributed by atoms with Crippen LogP contribution in [0, 0.1) is 23.7 Å². The molecule has 14 heavy (non-hydrogen) atoms. The zero-order valence-corrected chi connectivity index (χ0v) is 9.93. The SMILES string of the molecule is C#CC(NC1CCC(C)(C)C1)C(C)C. The van der Waals surface area contributed by atoms with E-state index in [0.717, 1.165) is 0 Å². The first-order valence-corrected chi connectivity index (χ1v) is 5.67. The van der Waals surface area contributed by atoms with E-state index in [9.17, 15) is 0 Å². The molecule has 0 aromatic carbocycles. The Morgan fingerprint density at radius 2 is 2.07 bits per heavy atom. The van der Waals surface area contributed by atoms with Gasteiger partial charge in [0.1, 0.15) is 0 Å². The third kappa shape index (κ3) is 3.03. The third-order valence-corrected chi connectivity index (χ3v) is 3.23. The number of hydrogen-bond acceptors (Lipinski definition) is 1. The summed E-state index contributed by atoms with van der Waals surface area (Å²) < 4.78 is 0. The minimum atomic E-state index is 0.244. The average molecular weight is 193 g/mol. The highest BCUT2D eigenvalue weighted by Gasteiger charge is 2.31. The number of terminal acetylenes is 1. The average Bonchev–Trinajstić information content (AvgIpc) is 2.41. The fourth-order valence-electron chi connectivity index (χ4n) is 2.27. The number of nitrogens with one attached hydrogen (secondary N) is 1. The van der Waals surface area contributed by atoms with Gasteiger partial charge in [-0.2, -0.15) is 0 Å². The van der Waals surface area contributed by atoms with E-state index in [2.05, 4.69) is 38.9 Å². The Morgan fingerprint density at radius 3 is 2.43 bits per heavy atom. The van der Waals surface area contributed by atoms with E-state index in [0.29, 0.717) is 17.4 Å². The lowest BCUT2D eigenvalue weighted by molar-refractivity contribution is 0.348. The Kier molecular flexibility index (Phi) is 3.61. The minimum Gasteiger partial charge on any atom is -0.301 e. The van der Waals surface area contributed by atoms with Gasteiger partial charge in [0.15, 0.2) is 0 Å². The van der Waals surface area contributed by atoms with E-state index in [-0.39, 0.29) is 6.04 Å². The van der Waals surface area contributed by atoms with Crippen molar-refractivity contribution in [3.05, 3.63) is 0 Å². The molecular weight excluding hydrogens is 170 g/mol. The van der Waals surface area contributed by atoms with Gasteiger partial charge in [-0.3, -0.25) is 0 Å². The quantitative estimate of drug-likeness (QED) is 0.680. The van der Waals surface area contributed by atoms with Gasteiger partial charge in [0.05, 0.1) is 6.04 Å². The highest BCUT2D eigenvalue weighted by atomic mass is 15.0. The van der Waals surface area contributed by atoms with Crippen molar-refractivity contribution in [2.75, 3.05) is 0 Å². The fourth-order valence-corrected chi connectivity index (χ4v) is 2.27. The van der Waals surface area contributed by atoms with E-state index in [1.165, 1.54) is 19.3 Å². The Labute approximate surface area is 88.7 Å². The molecule has 0 amide bonds. The van der Waals surface area contributed by atoms with Gasteiger partial charge in [0, 0.05) is 6.04 Å². The molecule has 0 aliphatic heterocycles. The van der Waals surface area contributed by atoms with Gasteiger partial charge in [-0.25, -0.2) is 0 Å². The molecule has 1 fully saturated rings. The van der Waals surface area contributed by atoms with Gasteiger partial charge in [-0.1, -0.05) is 33.6 Å². The Balaban J connectivity index is 2.43. The molecule has 1 nitrogen and oxygen atoms in total. The highest BCUT2D eigenvalue weighted by Crippen LogP contribution is 2.37. The molecule has 0 bridgehead atoms. The summed E-state index contributed by atoms with van der Waals surface area (Å²) in [4.78, 5) is 0. The monoisotopic (exact) mass is 193 g/mol. The van der Waals surface area contributed by atoms with Crippen molar-refractivity contribution < 1.29 is 0 Å². The lowest BCUT2D eigenvalue weighted by Crippen LogP contribution is -2.39. The van der Waals surface area contributed by atoms with E-state index in [1.54, 1.807) is 0 Å². The van der Waals surface area contributed by atoms with Crippen LogP contribution >= 0.6 is 0 Å². The van der Waals surface area contributed by atoms with E-state index >= 15 is 0 Å². The summed E-state index contributed by atoms with van der Waals surface area (Å²) in [6.45, 7) is 9.04. The Morgan fingerprint density at radius 1 is 1.43 bits per heavy atom. The molecule has 2 unspecified atom stereocenters. The molecule has 2 atom stereocenters. The maximum absolute atomic E-state index is 5.51. The normalized spacial score (nSPS) is 27.6. The van der Waals surface area contributed by atoms with Crippen LogP contribution in [0.3, 0.4) is 0 Å². The van der Waals surface area contributed by atoms with Crippen LogP contribution in [0.5, 0.6) is 0 Å². The predicted molar refractivity (Wildman–Crippen MR) is 62.0 cm³/mol. The first kappa shape index (κ1) is 11.6. The molecule has 1 aliphatic carbocycles. The van der Waals surface area contributed by atoms with Crippen molar-refractivity contribution in [1.29, 1.82) is 0 Å². The lowest BCUT2D eigenvalue weighted by atomic mass is 9.91. The topological polar surface area (TPSA) is 12.0 Å². The summed E-state index contributed by atoms with van der Waals surface area (Å²) in [5.41, 5.74) is 0.508. The Hall–Kier alpha value is -0.480. The molecule has 80 valence electrons. The van der Waals surface area contributed by atoms with Gasteiger partial charge in [-0.05, 0) is 30.6 Å². The Bertz CT molecular complexity index is 222. The summed E-state index contributed by atoms with van der Waals surface area (Å²) in [6.07, 6.45) is 9.36. The standard InChI is InChI=1S/C13H23N/c1-6-12(10(2)3)14-11-7-8-13(4,5)9-11/h1,10-12,14H,7-9H2,2-5H3. The second-order valence-electron chi connectivity index (χ2n) is 5.66. The molecule has 1 aliphatic rings. The molecule has 0 heterocycles. The first-order valence-electron chi connectivity index (χ1n) is 5.67. The van der Waals surface area contributed by atoms with Crippen LogP contribution in [0.15, 0.2) is 0 Å². The largest absolute Gasteiger partial charge is 0.301 e. The number of rotatable bonds is 3. The molecule has 0 aromatic heterocycles. The summed E-state index contributed by atoms with van der Waals surface area (Å²) in [7, 11) is 0. The van der Waals surface area contributed by atoms with Crippen molar-refractivity contribution in [2.24, 2.45) is 11.3 Å². The second kappa shape index (κ2) is 4.36. The maximum Gasteiger partial charge on any atom is 0.0712 e. The smallest absolute Gasteiger partial charge is 0.0712 e. The third-order valence-electron chi connectivity index (χ3n) is 3.23. The molecule has 0 spiro atoms. The molecular formula is C13H23N. The van der Waals surface area contributed by atoms with Crippen molar-refractivity contribution in [3.8, 4) is 12.3 Å². The van der Waals surface area contributed by atoms with E-state index in [1.807, 2.05) is 0 Å². The van der Waals surface area contributed by atoms with Crippen LogP contribution in [0.1, 0.15) is 47.0 Å². The van der Waals surface area contributed by atoms with Crippen LogP contribution in [-0.2, 0) is 0 Å². The van der Waals surface area contributed by atoms with E-state index in [4.69, 9.17) is 6.42 Å².